The largest absolute Gasteiger partial charge is 0.380 e. The molecule has 0 aliphatic rings. The van der Waals surface area contributed by atoms with Gasteiger partial charge in [-0.3, -0.25) is 0 Å². The number of hydrogen-bond acceptors (Lipinski definition) is 2. The van der Waals surface area contributed by atoms with Gasteiger partial charge in [0.05, 0.1) is 11.1 Å². The Morgan fingerprint density at radius 1 is 1.44 bits per heavy atom. The summed E-state index contributed by atoms with van der Waals surface area (Å²) in [4.78, 5) is 0. The Morgan fingerprint density at radius 3 is 2.69 bits per heavy atom. The monoisotopic (exact) mass is 245 g/mol. The lowest BCUT2D eigenvalue weighted by Crippen LogP contribution is -2.28. The molecule has 2 nitrogen and oxygen atoms in total. The minimum Gasteiger partial charge on any atom is -0.380 e. The van der Waals surface area contributed by atoms with Crippen molar-refractivity contribution in [3.05, 3.63) is 34.6 Å². The lowest BCUT2D eigenvalue weighted by molar-refractivity contribution is 0.115. The number of hydrogen-bond donors (Lipinski definition) is 1. The molecule has 0 saturated carbocycles. The van der Waals surface area contributed by atoms with Crippen LogP contribution in [0.5, 0.6) is 0 Å². The Morgan fingerprint density at radius 2 is 2.12 bits per heavy atom. The molecule has 4 heteroatoms. The summed E-state index contributed by atoms with van der Waals surface area (Å²) in [6.07, 6.45) is 0.151. The fraction of sp³-hybridized carbons (Fsp3) is 0.500. The summed E-state index contributed by atoms with van der Waals surface area (Å²) >= 11 is 5.72. The molecule has 1 rings (SSSR count). The zero-order chi connectivity index (χ0) is 12.1. The lowest BCUT2D eigenvalue weighted by atomic mass is 10.1. The molecule has 0 fully saturated rings. The van der Waals surface area contributed by atoms with E-state index in [1.54, 1.807) is 19.2 Å². The Labute approximate surface area is 101 Å². The Balaban J connectivity index is 2.59. The van der Waals surface area contributed by atoms with Crippen LogP contribution >= 0.6 is 11.6 Å². The van der Waals surface area contributed by atoms with E-state index in [4.69, 9.17) is 16.3 Å². The minimum absolute atomic E-state index is 0.121. The van der Waals surface area contributed by atoms with Gasteiger partial charge in [0.2, 0.25) is 0 Å². The second kappa shape index (κ2) is 6.18. The van der Waals surface area contributed by atoms with Crippen LogP contribution in [0, 0.1) is 5.82 Å². The standard InChI is InChI=1S/C12H17ClFNO/c1-8(16-3)7-15-9(2)10-4-5-12(14)11(13)6-10/h4-6,8-9,15H,7H2,1-3H3. The number of rotatable bonds is 5. The number of benzene rings is 1. The molecule has 1 aromatic carbocycles. The first-order valence-corrected chi connectivity index (χ1v) is 5.63. The molecular formula is C12H17ClFNO. The van der Waals surface area contributed by atoms with Gasteiger partial charge < -0.3 is 10.1 Å². The van der Waals surface area contributed by atoms with Crippen LogP contribution in [0.1, 0.15) is 25.5 Å². The lowest BCUT2D eigenvalue weighted by Gasteiger charge is -2.17. The van der Waals surface area contributed by atoms with E-state index in [9.17, 15) is 4.39 Å². The third-order valence-electron chi connectivity index (χ3n) is 2.56. The Bertz CT molecular complexity index is 346. The molecular weight excluding hydrogens is 229 g/mol. The van der Waals surface area contributed by atoms with Crippen LogP contribution in [0.15, 0.2) is 18.2 Å². The first kappa shape index (κ1) is 13.4. The summed E-state index contributed by atoms with van der Waals surface area (Å²) < 4.78 is 18.1. The Hall–Kier alpha value is -0.640. The van der Waals surface area contributed by atoms with E-state index in [-0.39, 0.29) is 23.0 Å². The average Bonchev–Trinajstić information content (AvgIpc) is 2.29. The van der Waals surface area contributed by atoms with Crippen molar-refractivity contribution in [3.8, 4) is 0 Å². The van der Waals surface area contributed by atoms with Gasteiger partial charge in [-0.1, -0.05) is 17.7 Å². The van der Waals surface area contributed by atoms with Gasteiger partial charge in [-0.05, 0) is 31.5 Å². The first-order valence-electron chi connectivity index (χ1n) is 5.25. The fourth-order valence-corrected chi connectivity index (χ4v) is 1.51. The predicted molar refractivity (Wildman–Crippen MR) is 64.3 cm³/mol. The molecule has 0 radical (unpaired) electrons. The topological polar surface area (TPSA) is 21.3 Å². The third-order valence-corrected chi connectivity index (χ3v) is 2.85. The molecule has 16 heavy (non-hydrogen) atoms. The molecule has 0 saturated heterocycles. The average molecular weight is 246 g/mol. The van der Waals surface area contributed by atoms with Gasteiger partial charge in [-0.25, -0.2) is 4.39 Å². The van der Waals surface area contributed by atoms with E-state index in [0.717, 1.165) is 12.1 Å². The van der Waals surface area contributed by atoms with Crippen molar-refractivity contribution in [1.29, 1.82) is 0 Å². The molecule has 0 spiro atoms. The fourth-order valence-electron chi connectivity index (χ4n) is 1.33. The Kier molecular flexibility index (Phi) is 5.19. The van der Waals surface area contributed by atoms with Crippen LogP contribution < -0.4 is 5.32 Å². The summed E-state index contributed by atoms with van der Waals surface area (Å²) in [6, 6.07) is 4.88. The maximum atomic E-state index is 13.0. The third kappa shape index (κ3) is 3.74. The zero-order valence-electron chi connectivity index (χ0n) is 9.76. The quantitative estimate of drug-likeness (QED) is 0.861. The number of ether oxygens (including phenoxy) is 1. The molecule has 1 N–H and O–H groups in total. The van der Waals surface area contributed by atoms with Crippen molar-refractivity contribution < 1.29 is 9.13 Å². The van der Waals surface area contributed by atoms with E-state index in [2.05, 4.69) is 5.32 Å². The number of halogens is 2. The maximum absolute atomic E-state index is 13.0. The van der Waals surface area contributed by atoms with Gasteiger partial charge in [0, 0.05) is 19.7 Å². The van der Waals surface area contributed by atoms with Gasteiger partial charge in [-0.2, -0.15) is 0 Å². The number of nitrogens with one attached hydrogen (secondary N) is 1. The molecule has 0 aromatic heterocycles. The van der Waals surface area contributed by atoms with Gasteiger partial charge in [0.1, 0.15) is 5.82 Å². The molecule has 0 amide bonds. The van der Waals surface area contributed by atoms with Crippen LogP contribution in [-0.4, -0.2) is 19.8 Å². The van der Waals surface area contributed by atoms with Crippen LogP contribution in [0.4, 0.5) is 4.39 Å². The van der Waals surface area contributed by atoms with E-state index >= 15 is 0 Å². The van der Waals surface area contributed by atoms with Gasteiger partial charge in [0.15, 0.2) is 0 Å². The SMILES string of the molecule is COC(C)CNC(C)c1ccc(F)c(Cl)c1. The molecule has 2 unspecified atom stereocenters. The molecule has 0 heterocycles. The van der Waals surface area contributed by atoms with Gasteiger partial charge >= 0.3 is 0 Å². The maximum Gasteiger partial charge on any atom is 0.141 e. The van der Waals surface area contributed by atoms with Crippen LogP contribution in [-0.2, 0) is 4.74 Å². The summed E-state index contributed by atoms with van der Waals surface area (Å²) in [7, 11) is 1.67. The highest BCUT2D eigenvalue weighted by Crippen LogP contribution is 2.20. The highest BCUT2D eigenvalue weighted by molar-refractivity contribution is 6.30. The smallest absolute Gasteiger partial charge is 0.141 e. The molecule has 0 aliphatic heterocycles. The normalized spacial score (nSPS) is 14.8. The summed E-state index contributed by atoms with van der Waals surface area (Å²) in [5.41, 5.74) is 0.967. The minimum atomic E-state index is -0.386. The highest BCUT2D eigenvalue weighted by Gasteiger charge is 2.09. The van der Waals surface area contributed by atoms with Crippen LogP contribution in [0.3, 0.4) is 0 Å². The molecule has 1 aromatic rings. The molecule has 0 bridgehead atoms. The van der Waals surface area contributed by atoms with E-state index in [0.29, 0.717) is 0 Å². The molecule has 2 atom stereocenters. The summed E-state index contributed by atoms with van der Waals surface area (Å²) in [5, 5.41) is 3.45. The van der Waals surface area contributed by atoms with Crippen LogP contribution in [0.25, 0.3) is 0 Å². The van der Waals surface area contributed by atoms with Crippen molar-refractivity contribution in [2.45, 2.75) is 26.0 Å². The van der Waals surface area contributed by atoms with E-state index in [1.807, 2.05) is 13.8 Å². The van der Waals surface area contributed by atoms with Gasteiger partial charge in [-0.15, -0.1) is 0 Å². The van der Waals surface area contributed by atoms with E-state index < -0.39 is 0 Å². The van der Waals surface area contributed by atoms with Gasteiger partial charge in [0.25, 0.3) is 0 Å². The van der Waals surface area contributed by atoms with Crippen molar-refractivity contribution >= 4 is 11.6 Å². The summed E-state index contributed by atoms with van der Waals surface area (Å²) in [5.74, 6) is -0.386. The van der Waals surface area contributed by atoms with Crippen molar-refractivity contribution in [2.24, 2.45) is 0 Å². The molecule has 0 aliphatic carbocycles. The van der Waals surface area contributed by atoms with Crippen LogP contribution in [0.2, 0.25) is 5.02 Å². The highest BCUT2D eigenvalue weighted by atomic mass is 35.5. The predicted octanol–water partition coefficient (Wildman–Crippen LogP) is 3.16. The first-order chi connectivity index (χ1) is 7.54. The zero-order valence-corrected chi connectivity index (χ0v) is 10.5. The van der Waals surface area contributed by atoms with Crippen molar-refractivity contribution in [1.82, 2.24) is 5.32 Å². The summed E-state index contributed by atoms with van der Waals surface area (Å²) in [6.45, 7) is 4.73. The van der Waals surface area contributed by atoms with Crippen molar-refractivity contribution in [2.75, 3.05) is 13.7 Å². The van der Waals surface area contributed by atoms with E-state index in [1.165, 1.54) is 6.07 Å². The molecule has 90 valence electrons. The second-order valence-electron chi connectivity index (χ2n) is 3.85. The number of methoxy groups -OCH3 is 1. The van der Waals surface area contributed by atoms with Crippen molar-refractivity contribution in [3.63, 3.8) is 0 Å². The second-order valence-corrected chi connectivity index (χ2v) is 4.26.